The SMILES string of the molecule is COc1ccc2ncc(Cl)c(CCCC3(C(=O)O)CCNCC3)c2c1.Cl. The number of carboxylic acid groups (broad SMARTS) is 1. The molecule has 2 heterocycles. The minimum Gasteiger partial charge on any atom is -0.497 e. The summed E-state index contributed by atoms with van der Waals surface area (Å²) in [6, 6.07) is 5.74. The second-order valence-electron chi connectivity index (χ2n) is 6.66. The number of pyridine rings is 1. The summed E-state index contributed by atoms with van der Waals surface area (Å²) < 4.78 is 5.31. The van der Waals surface area contributed by atoms with Crippen LogP contribution in [0.4, 0.5) is 0 Å². The Labute approximate surface area is 164 Å². The molecule has 0 spiro atoms. The average molecular weight is 399 g/mol. The van der Waals surface area contributed by atoms with Gasteiger partial charge in [0.15, 0.2) is 0 Å². The minimum atomic E-state index is -0.679. The van der Waals surface area contributed by atoms with Crippen molar-refractivity contribution >= 4 is 40.9 Å². The first kappa shape index (κ1) is 20.7. The number of ether oxygens (including phenoxy) is 1. The molecule has 0 aliphatic carbocycles. The Morgan fingerprint density at radius 1 is 1.38 bits per heavy atom. The summed E-state index contributed by atoms with van der Waals surface area (Å²) >= 11 is 6.39. The van der Waals surface area contributed by atoms with Crippen LogP contribution in [0.1, 0.15) is 31.2 Å². The quantitative estimate of drug-likeness (QED) is 0.766. The van der Waals surface area contributed by atoms with Gasteiger partial charge in [0.05, 0.1) is 23.1 Å². The lowest BCUT2D eigenvalue weighted by Crippen LogP contribution is -2.42. The molecule has 1 aliphatic heterocycles. The normalized spacial score (nSPS) is 16.1. The van der Waals surface area contributed by atoms with E-state index in [1.807, 2.05) is 18.2 Å². The molecule has 5 nitrogen and oxygen atoms in total. The Balaban J connectivity index is 0.00000243. The number of halogens is 2. The molecule has 0 amide bonds. The van der Waals surface area contributed by atoms with Crippen LogP contribution in [0.5, 0.6) is 5.75 Å². The van der Waals surface area contributed by atoms with Gasteiger partial charge in [-0.05, 0) is 69.0 Å². The fraction of sp³-hybridized carbons (Fsp3) is 0.474. The van der Waals surface area contributed by atoms with Gasteiger partial charge in [0.25, 0.3) is 0 Å². The molecular weight excluding hydrogens is 375 g/mol. The van der Waals surface area contributed by atoms with E-state index in [0.717, 1.165) is 48.1 Å². The monoisotopic (exact) mass is 398 g/mol. The van der Waals surface area contributed by atoms with E-state index in [1.54, 1.807) is 13.3 Å². The highest BCUT2D eigenvalue weighted by molar-refractivity contribution is 6.32. The van der Waals surface area contributed by atoms with Gasteiger partial charge in [-0.1, -0.05) is 11.6 Å². The smallest absolute Gasteiger partial charge is 0.309 e. The summed E-state index contributed by atoms with van der Waals surface area (Å²) in [6.07, 6.45) is 5.20. The molecule has 1 fully saturated rings. The van der Waals surface area contributed by atoms with Crippen LogP contribution in [0, 0.1) is 5.41 Å². The Hall–Kier alpha value is -1.56. The van der Waals surface area contributed by atoms with Gasteiger partial charge in [0.1, 0.15) is 5.75 Å². The molecule has 0 bridgehead atoms. The number of aryl methyl sites for hydroxylation is 1. The summed E-state index contributed by atoms with van der Waals surface area (Å²) in [5, 5.41) is 14.5. The highest BCUT2D eigenvalue weighted by atomic mass is 35.5. The molecule has 2 N–H and O–H groups in total. The number of benzene rings is 1. The van der Waals surface area contributed by atoms with Crippen LogP contribution in [0.2, 0.25) is 5.02 Å². The third-order valence-corrected chi connectivity index (χ3v) is 5.56. The molecule has 1 aromatic heterocycles. The van der Waals surface area contributed by atoms with Gasteiger partial charge in [0.2, 0.25) is 0 Å². The first-order valence-electron chi connectivity index (χ1n) is 8.61. The van der Waals surface area contributed by atoms with E-state index in [0.29, 0.717) is 24.3 Å². The number of carboxylic acids is 1. The van der Waals surface area contributed by atoms with E-state index in [2.05, 4.69) is 10.3 Å². The summed E-state index contributed by atoms with van der Waals surface area (Å²) in [5.74, 6) is 0.0829. The lowest BCUT2D eigenvalue weighted by atomic mass is 9.75. The molecule has 7 heteroatoms. The molecule has 142 valence electrons. The Bertz CT molecular complexity index is 777. The number of carbonyl (C=O) groups is 1. The number of hydrogen-bond acceptors (Lipinski definition) is 4. The first-order valence-corrected chi connectivity index (χ1v) is 8.99. The summed E-state index contributed by atoms with van der Waals surface area (Å²) in [5.41, 5.74) is 1.27. The highest BCUT2D eigenvalue weighted by Crippen LogP contribution is 2.36. The second kappa shape index (κ2) is 8.89. The molecular formula is C19H24Cl2N2O3. The van der Waals surface area contributed by atoms with Crippen molar-refractivity contribution in [3.63, 3.8) is 0 Å². The van der Waals surface area contributed by atoms with E-state index in [-0.39, 0.29) is 12.4 Å². The number of fused-ring (bicyclic) bond motifs is 1. The van der Waals surface area contributed by atoms with E-state index in [4.69, 9.17) is 16.3 Å². The number of rotatable bonds is 6. The first-order chi connectivity index (χ1) is 12.1. The van der Waals surface area contributed by atoms with Crippen molar-refractivity contribution in [1.29, 1.82) is 0 Å². The van der Waals surface area contributed by atoms with E-state index < -0.39 is 11.4 Å². The molecule has 0 unspecified atom stereocenters. The number of methoxy groups -OCH3 is 1. The largest absolute Gasteiger partial charge is 0.497 e. The van der Waals surface area contributed by atoms with Gasteiger partial charge in [-0.2, -0.15) is 0 Å². The van der Waals surface area contributed by atoms with Crippen LogP contribution in [-0.2, 0) is 11.2 Å². The standard InChI is InChI=1S/C19H23ClN2O3.ClH/c1-25-13-4-5-17-15(11-13)14(16(20)12-22-17)3-2-6-19(18(23)24)7-9-21-10-8-19;/h4-5,11-12,21H,2-3,6-10H2,1H3,(H,23,24);1H. The molecule has 1 saturated heterocycles. The van der Waals surface area contributed by atoms with Gasteiger partial charge < -0.3 is 15.2 Å². The topological polar surface area (TPSA) is 71.5 Å². The van der Waals surface area contributed by atoms with Gasteiger partial charge in [0, 0.05) is 11.6 Å². The zero-order chi connectivity index (χ0) is 17.9. The molecule has 0 saturated carbocycles. The Morgan fingerprint density at radius 2 is 2.12 bits per heavy atom. The summed E-state index contributed by atoms with van der Waals surface area (Å²) in [7, 11) is 1.63. The zero-order valence-corrected chi connectivity index (χ0v) is 16.3. The molecule has 1 aliphatic rings. The lowest BCUT2D eigenvalue weighted by molar-refractivity contribution is -0.151. The molecule has 26 heavy (non-hydrogen) atoms. The van der Waals surface area contributed by atoms with E-state index in [9.17, 15) is 9.90 Å². The van der Waals surface area contributed by atoms with Crippen molar-refractivity contribution in [1.82, 2.24) is 10.3 Å². The van der Waals surface area contributed by atoms with Crippen molar-refractivity contribution in [2.75, 3.05) is 20.2 Å². The van der Waals surface area contributed by atoms with E-state index in [1.165, 1.54) is 0 Å². The van der Waals surface area contributed by atoms with Crippen LogP contribution in [0.15, 0.2) is 24.4 Å². The number of aliphatic carboxylic acids is 1. The zero-order valence-electron chi connectivity index (χ0n) is 14.8. The second-order valence-corrected chi connectivity index (χ2v) is 7.06. The fourth-order valence-corrected chi connectivity index (χ4v) is 3.91. The highest BCUT2D eigenvalue weighted by Gasteiger charge is 2.38. The van der Waals surface area contributed by atoms with Crippen LogP contribution in [-0.4, -0.2) is 36.3 Å². The molecule has 2 aromatic rings. The number of hydrogen-bond donors (Lipinski definition) is 2. The van der Waals surface area contributed by atoms with Gasteiger partial charge in [-0.25, -0.2) is 0 Å². The number of piperidine rings is 1. The summed E-state index contributed by atoms with van der Waals surface area (Å²) in [6.45, 7) is 1.53. The third kappa shape index (κ3) is 4.22. The van der Waals surface area contributed by atoms with Crippen molar-refractivity contribution in [3.8, 4) is 5.75 Å². The van der Waals surface area contributed by atoms with Crippen molar-refractivity contribution in [2.45, 2.75) is 32.1 Å². The van der Waals surface area contributed by atoms with Crippen LogP contribution < -0.4 is 10.1 Å². The maximum Gasteiger partial charge on any atom is 0.309 e. The maximum absolute atomic E-state index is 11.8. The van der Waals surface area contributed by atoms with Gasteiger partial charge in [-0.15, -0.1) is 12.4 Å². The lowest BCUT2D eigenvalue weighted by Gasteiger charge is -2.33. The third-order valence-electron chi connectivity index (χ3n) is 5.23. The Morgan fingerprint density at radius 3 is 2.77 bits per heavy atom. The predicted molar refractivity (Wildman–Crippen MR) is 106 cm³/mol. The maximum atomic E-state index is 11.8. The Kier molecular flexibility index (Phi) is 7.09. The van der Waals surface area contributed by atoms with Crippen LogP contribution in [0.25, 0.3) is 10.9 Å². The number of aromatic nitrogens is 1. The van der Waals surface area contributed by atoms with Crippen LogP contribution in [0.3, 0.4) is 0 Å². The van der Waals surface area contributed by atoms with Gasteiger partial charge >= 0.3 is 5.97 Å². The van der Waals surface area contributed by atoms with E-state index >= 15 is 0 Å². The number of nitrogens with zero attached hydrogens (tertiary/aromatic N) is 1. The van der Waals surface area contributed by atoms with Crippen LogP contribution >= 0.6 is 24.0 Å². The van der Waals surface area contributed by atoms with Gasteiger partial charge in [-0.3, -0.25) is 9.78 Å². The summed E-state index contributed by atoms with van der Waals surface area (Å²) in [4.78, 5) is 16.2. The average Bonchev–Trinajstić information content (AvgIpc) is 2.63. The van der Waals surface area contributed by atoms with Crippen molar-refractivity contribution < 1.29 is 14.6 Å². The molecule has 0 radical (unpaired) electrons. The molecule has 3 rings (SSSR count). The van der Waals surface area contributed by atoms with Crippen molar-refractivity contribution in [2.24, 2.45) is 5.41 Å². The van der Waals surface area contributed by atoms with Crippen molar-refractivity contribution in [3.05, 3.63) is 35.0 Å². The fourth-order valence-electron chi connectivity index (χ4n) is 3.66. The number of nitrogens with one attached hydrogen (secondary N) is 1. The molecule has 1 aromatic carbocycles. The minimum absolute atomic E-state index is 0. The predicted octanol–water partition coefficient (Wildman–Crippen LogP) is 4.10. The molecule has 0 atom stereocenters.